The van der Waals surface area contributed by atoms with E-state index in [9.17, 15) is 12.9 Å². The van der Waals surface area contributed by atoms with Gasteiger partial charge in [0.1, 0.15) is 5.75 Å². The molecule has 1 aliphatic carbocycles. The van der Waals surface area contributed by atoms with Crippen molar-refractivity contribution in [3.8, 4) is 5.75 Å². The Bertz CT molecular complexity index is 369. The smallest absolute Gasteiger partial charge is 0.497 e. The minimum absolute atomic E-state index is 0. The summed E-state index contributed by atoms with van der Waals surface area (Å²) < 4.78 is 42.1. The first-order chi connectivity index (χ1) is 7.02. The number of methoxy groups -OCH3 is 1. The third-order valence-corrected chi connectivity index (χ3v) is 2.85. The first kappa shape index (κ1) is 14.6. The van der Waals surface area contributed by atoms with E-state index in [-0.39, 0.29) is 63.7 Å². The number of hydrogen-bond acceptors (Lipinski definition) is 1. The Morgan fingerprint density at radius 1 is 1.31 bits per heavy atom. The molecular weight excluding hydrogens is 243 g/mol. The van der Waals surface area contributed by atoms with E-state index in [1.54, 1.807) is 24.3 Å². The van der Waals surface area contributed by atoms with Gasteiger partial charge < -0.3 is 17.7 Å². The zero-order chi connectivity index (χ0) is 11.1. The minimum Gasteiger partial charge on any atom is -0.497 e. The summed E-state index contributed by atoms with van der Waals surface area (Å²) >= 11 is 0. The average molecular weight is 254 g/mol. The molecule has 1 nitrogen and oxygen atoms in total. The molecular formula is C10H11BF3KO. The monoisotopic (exact) mass is 254 g/mol. The summed E-state index contributed by atoms with van der Waals surface area (Å²) in [5, 5.41) is 0. The zero-order valence-electron chi connectivity index (χ0n) is 9.29. The molecule has 2 rings (SSSR count). The summed E-state index contributed by atoms with van der Waals surface area (Å²) in [6, 6.07) is 6.88. The van der Waals surface area contributed by atoms with Crippen molar-refractivity contribution in [2.75, 3.05) is 7.11 Å². The molecule has 0 saturated heterocycles. The van der Waals surface area contributed by atoms with E-state index >= 15 is 0 Å². The second kappa shape index (κ2) is 5.44. The molecule has 0 N–H and O–H groups in total. The molecule has 1 aliphatic rings. The van der Waals surface area contributed by atoms with Crippen LogP contribution in [0.25, 0.3) is 0 Å². The van der Waals surface area contributed by atoms with Crippen molar-refractivity contribution in [1.29, 1.82) is 0 Å². The van der Waals surface area contributed by atoms with Crippen LogP contribution in [0.15, 0.2) is 24.3 Å². The van der Waals surface area contributed by atoms with E-state index in [2.05, 4.69) is 0 Å². The standard InChI is InChI=1S/C10H11BF3O.K/c1-15-8-4-2-3-7(5-8)9-6-10(9)11(12,13)14;/h2-5,9-10H,6H2,1H3;/q-1;+1/t9-,10+;/m0./s1. The number of hydrogen-bond donors (Lipinski definition) is 0. The van der Waals surface area contributed by atoms with E-state index in [1.165, 1.54) is 7.11 Å². The van der Waals surface area contributed by atoms with E-state index in [1.807, 2.05) is 0 Å². The molecule has 1 aromatic rings. The Morgan fingerprint density at radius 2 is 2.00 bits per heavy atom. The van der Waals surface area contributed by atoms with Gasteiger partial charge >= 0.3 is 58.4 Å². The molecule has 0 spiro atoms. The molecule has 1 saturated carbocycles. The van der Waals surface area contributed by atoms with Gasteiger partial charge in [-0.2, -0.15) is 0 Å². The molecule has 2 atom stereocenters. The minimum atomic E-state index is -4.68. The molecule has 0 heterocycles. The van der Waals surface area contributed by atoms with Crippen LogP contribution in [0.4, 0.5) is 12.9 Å². The van der Waals surface area contributed by atoms with Gasteiger partial charge in [0.25, 0.3) is 0 Å². The van der Waals surface area contributed by atoms with Gasteiger partial charge in [0.2, 0.25) is 0 Å². The number of rotatable bonds is 3. The van der Waals surface area contributed by atoms with Gasteiger partial charge in [0.05, 0.1) is 7.11 Å². The Morgan fingerprint density at radius 3 is 2.50 bits per heavy atom. The molecule has 0 bridgehead atoms. The van der Waals surface area contributed by atoms with Gasteiger partial charge in [0.15, 0.2) is 0 Å². The molecule has 0 unspecified atom stereocenters. The van der Waals surface area contributed by atoms with Gasteiger partial charge in [-0.15, -0.1) is 0 Å². The molecule has 16 heavy (non-hydrogen) atoms. The normalized spacial score (nSPS) is 23.5. The van der Waals surface area contributed by atoms with Crippen LogP contribution in [0, 0.1) is 0 Å². The molecule has 0 radical (unpaired) electrons. The second-order valence-corrected chi connectivity index (χ2v) is 3.91. The fourth-order valence-corrected chi connectivity index (χ4v) is 1.89. The Kier molecular flexibility index (Phi) is 4.95. The predicted octanol–water partition coefficient (Wildman–Crippen LogP) is 0.404. The maximum atomic E-state index is 12.4. The van der Waals surface area contributed by atoms with Gasteiger partial charge in [-0.05, 0) is 23.6 Å². The largest absolute Gasteiger partial charge is 1.00 e. The van der Waals surface area contributed by atoms with Crippen molar-refractivity contribution >= 4 is 6.98 Å². The first-order valence-corrected chi connectivity index (χ1v) is 4.86. The number of benzene rings is 1. The SMILES string of the molecule is COc1cccc([C@@H]2C[C@H]2[B-](F)(F)F)c1.[K+]. The van der Waals surface area contributed by atoms with E-state index < -0.39 is 12.8 Å². The molecule has 1 fully saturated rings. The van der Waals surface area contributed by atoms with Crippen LogP contribution >= 0.6 is 0 Å². The van der Waals surface area contributed by atoms with Crippen LogP contribution in [0.1, 0.15) is 17.9 Å². The van der Waals surface area contributed by atoms with Crippen molar-refractivity contribution < 1.29 is 69.1 Å². The third-order valence-electron chi connectivity index (χ3n) is 2.85. The fraction of sp³-hybridized carbons (Fsp3) is 0.400. The van der Waals surface area contributed by atoms with E-state index in [4.69, 9.17) is 4.74 Å². The summed E-state index contributed by atoms with van der Waals surface area (Å²) in [5.41, 5.74) is 0.735. The topological polar surface area (TPSA) is 9.23 Å². The van der Waals surface area contributed by atoms with Gasteiger partial charge in [-0.1, -0.05) is 24.4 Å². The summed E-state index contributed by atoms with van der Waals surface area (Å²) in [6.07, 6.45) is 0.233. The van der Waals surface area contributed by atoms with E-state index in [0.29, 0.717) is 5.75 Å². The van der Waals surface area contributed by atoms with Crippen LogP contribution < -0.4 is 56.1 Å². The van der Waals surface area contributed by atoms with Crippen LogP contribution in [0.5, 0.6) is 5.75 Å². The maximum absolute atomic E-state index is 12.4. The van der Waals surface area contributed by atoms with Crippen molar-refractivity contribution in [2.24, 2.45) is 0 Å². The third kappa shape index (κ3) is 3.26. The molecule has 0 aliphatic heterocycles. The van der Waals surface area contributed by atoms with Crippen LogP contribution in [-0.4, -0.2) is 14.1 Å². The second-order valence-electron chi connectivity index (χ2n) is 3.91. The van der Waals surface area contributed by atoms with Crippen LogP contribution in [0.3, 0.4) is 0 Å². The molecule has 6 heteroatoms. The van der Waals surface area contributed by atoms with E-state index in [0.717, 1.165) is 5.56 Å². The van der Waals surface area contributed by atoms with Crippen LogP contribution in [-0.2, 0) is 0 Å². The fourth-order valence-electron chi connectivity index (χ4n) is 1.89. The maximum Gasteiger partial charge on any atom is 1.00 e. The van der Waals surface area contributed by atoms with Gasteiger partial charge in [-0.3, -0.25) is 0 Å². The zero-order valence-corrected chi connectivity index (χ0v) is 12.4. The quantitative estimate of drug-likeness (QED) is 0.710. The molecule has 1 aromatic carbocycles. The van der Waals surface area contributed by atoms with Crippen molar-refractivity contribution in [3.63, 3.8) is 0 Å². The predicted molar refractivity (Wildman–Crippen MR) is 53.2 cm³/mol. The van der Waals surface area contributed by atoms with Gasteiger partial charge in [0, 0.05) is 0 Å². The number of ether oxygens (including phenoxy) is 1. The average Bonchev–Trinajstić information content (AvgIpc) is 2.96. The molecule has 0 amide bonds. The Balaban J connectivity index is 0.00000128. The summed E-state index contributed by atoms with van der Waals surface area (Å²) in [5.74, 6) is -0.829. The van der Waals surface area contributed by atoms with Crippen molar-refractivity contribution in [1.82, 2.24) is 0 Å². The molecule has 82 valence electrons. The molecule has 0 aromatic heterocycles. The summed E-state index contributed by atoms with van der Waals surface area (Å²) in [6.45, 7) is -4.68. The van der Waals surface area contributed by atoms with Gasteiger partial charge in [-0.25, -0.2) is 0 Å². The van der Waals surface area contributed by atoms with Crippen molar-refractivity contribution in [2.45, 2.75) is 18.2 Å². The summed E-state index contributed by atoms with van der Waals surface area (Å²) in [7, 11) is 1.51. The summed E-state index contributed by atoms with van der Waals surface area (Å²) in [4.78, 5) is 0. The first-order valence-electron chi connectivity index (χ1n) is 4.86. The Hall–Kier alpha value is 0.511. The number of halogens is 3. The Labute approximate surface area is 135 Å². The van der Waals surface area contributed by atoms with Crippen molar-refractivity contribution in [3.05, 3.63) is 29.8 Å². The van der Waals surface area contributed by atoms with Crippen LogP contribution in [0.2, 0.25) is 5.82 Å².